The number of aromatic nitrogens is 1. The average Bonchev–Trinajstić information content (AvgIpc) is 3.10. The molecule has 1 aromatic heterocycles. The van der Waals surface area contributed by atoms with E-state index in [1.807, 2.05) is 29.9 Å². The molecule has 3 aromatic rings. The van der Waals surface area contributed by atoms with Gasteiger partial charge in [0.05, 0.1) is 4.90 Å². The smallest absolute Gasteiger partial charge is 0.321 e. The van der Waals surface area contributed by atoms with Crippen molar-refractivity contribution in [3.63, 3.8) is 0 Å². The Balaban J connectivity index is 1.42. The van der Waals surface area contributed by atoms with Crippen LogP contribution in [0, 0.1) is 0 Å². The minimum atomic E-state index is -3.61. The normalized spacial score (nSPS) is 15.6. The molecule has 1 fully saturated rings. The third-order valence-corrected chi connectivity index (χ3v) is 7.26. The second-order valence-electron chi connectivity index (χ2n) is 6.98. The lowest BCUT2D eigenvalue weighted by atomic mass is 10.2. The van der Waals surface area contributed by atoms with E-state index in [1.165, 1.54) is 4.31 Å². The van der Waals surface area contributed by atoms with Gasteiger partial charge in [0.2, 0.25) is 10.0 Å². The van der Waals surface area contributed by atoms with E-state index in [0.717, 1.165) is 10.9 Å². The van der Waals surface area contributed by atoms with Crippen LogP contribution in [0.3, 0.4) is 0 Å². The van der Waals surface area contributed by atoms with Gasteiger partial charge >= 0.3 is 6.03 Å². The van der Waals surface area contributed by atoms with Gasteiger partial charge in [-0.3, -0.25) is 0 Å². The van der Waals surface area contributed by atoms with Gasteiger partial charge in [-0.25, -0.2) is 13.2 Å². The molecule has 152 valence electrons. The molecule has 7 nitrogen and oxygen atoms in total. The number of rotatable bonds is 3. The lowest BCUT2D eigenvalue weighted by molar-refractivity contribution is 0.184. The fourth-order valence-corrected chi connectivity index (χ4v) is 5.02. The van der Waals surface area contributed by atoms with Gasteiger partial charge in [0.25, 0.3) is 0 Å². The second kappa shape index (κ2) is 7.70. The average molecular weight is 433 g/mol. The number of sulfonamides is 1. The molecular formula is C20H21ClN4O3S. The zero-order valence-corrected chi connectivity index (χ0v) is 17.4. The van der Waals surface area contributed by atoms with Crippen LogP contribution in [0.1, 0.15) is 0 Å². The van der Waals surface area contributed by atoms with Crippen LogP contribution in [0.5, 0.6) is 0 Å². The summed E-state index contributed by atoms with van der Waals surface area (Å²) in [6, 6.07) is 13.6. The molecule has 0 unspecified atom stereocenters. The minimum absolute atomic E-state index is 0.253. The summed E-state index contributed by atoms with van der Waals surface area (Å²) >= 11 is 5.85. The molecular weight excluding hydrogens is 412 g/mol. The Labute approximate surface area is 174 Å². The standard InChI is InChI=1S/C20H21ClN4O3S/c1-23-9-8-15-14-18(6-7-19(15)23)29(27,28)25-12-10-24(11-13-25)20(26)22-17-4-2-16(21)3-5-17/h2-9,14H,10-13H2,1H3,(H,22,26). The molecule has 0 saturated carbocycles. The summed E-state index contributed by atoms with van der Waals surface area (Å²) in [7, 11) is -1.68. The number of anilines is 1. The van der Waals surface area contributed by atoms with Gasteiger partial charge in [0.15, 0.2) is 0 Å². The summed E-state index contributed by atoms with van der Waals surface area (Å²) in [6.45, 7) is 1.16. The van der Waals surface area contributed by atoms with Gasteiger partial charge in [-0.15, -0.1) is 0 Å². The largest absolute Gasteiger partial charge is 0.351 e. The molecule has 0 bridgehead atoms. The first-order chi connectivity index (χ1) is 13.8. The number of piperazine rings is 1. The molecule has 0 spiro atoms. The quantitative estimate of drug-likeness (QED) is 0.689. The zero-order valence-electron chi connectivity index (χ0n) is 15.9. The van der Waals surface area contributed by atoms with E-state index >= 15 is 0 Å². The molecule has 1 aliphatic rings. The zero-order chi connectivity index (χ0) is 20.6. The lowest BCUT2D eigenvalue weighted by Crippen LogP contribution is -2.51. The van der Waals surface area contributed by atoms with E-state index in [-0.39, 0.29) is 24.0 Å². The third-order valence-electron chi connectivity index (χ3n) is 5.12. The van der Waals surface area contributed by atoms with Crippen LogP contribution in [0.4, 0.5) is 10.5 Å². The first-order valence-corrected chi connectivity index (χ1v) is 11.0. The van der Waals surface area contributed by atoms with Crippen LogP contribution < -0.4 is 5.32 Å². The highest BCUT2D eigenvalue weighted by Crippen LogP contribution is 2.23. The highest BCUT2D eigenvalue weighted by molar-refractivity contribution is 7.89. The van der Waals surface area contributed by atoms with Crippen molar-refractivity contribution in [2.24, 2.45) is 7.05 Å². The number of hydrogen-bond donors (Lipinski definition) is 1. The van der Waals surface area contributed by atoms with E-state index < -0.39 is 10.0 Å². The Morgan fingerprint density at radius 1 is 1.00 bits per heavy atom. The van der Waals surface area contributed by atoms with E-state index in [4.69, 9.17) is 11.6 Å². The molecule has 2 amide bonds. The predicted molar refractivity (Wildman–Crippen MR) is 114 cm³/mol. The monoisotopic (exact) mass is 432 g/mol. The summed E-state index contributed by atoms with van der Waals surface area (Å²) < 4.78 is 29.4. The highest BCUT2D eigenvalue weighted by Gasteiger charge is 2.30. The Bertz CT molecular complexity index is 1150. The minimum Gasteiger partial charge on any atom is -0.351 e. The van der Waals surface area contributed by atoms with E-state index in [0.29, 0.717) is 23.8 Å². The molecule has 1 N–H and O–H groups in total. The molecule has 1 aliphatic heterocycles. The molecule has 0 aliphatic carbocycles. The summed E-state index contributed by atoms with van der Waals surface area (Å²) in [5, 5.41) is 4.28. The third kappa shape index (κ3) is 3.96. The van der Waals surface area contributed by atoms with Crippen molar-refractivity contribution in [1.29, 1.82) is 0 Å². The lowest BCUT2D eigenvalue weighted by Gasteiger charge is -2.34. The Kier molecular flexibility index (Phi) is 5.24. The fourth-order valence-electron chi connectivity index (χ4n) is 3.44. The number of halogens is 1. The highest BCUT2D eigenvalue weighted by atomic mass is 35.5. The van der Waals surface area contributed by atoms with Crippen LogP contribution in [-0.2, 0) is 17.1 Å². The van der Waals surface area contributed by atoms with E-state index in [9.17, 15) is 13.2 Å². The summed E-state index contributed by atoms with van der Waals surface area (Å²) in [4.78, 5) is 14.3. The number of aryl methyl sites for hydroxylation is 1. The Morgan fingerprint density at radius 3 is 2.38 bits per heavy atom. The van der Waals surface area contributed by atoms with Crippen molar-refractivity contribution < 1.29 is 13.2 Å². The van der Waals surface area contributed by atoms with Crippen LogP contribution >= 0.6 is 11.6 Å². The maximum absolute atomic E-state index is 13.0. The van der Waals surface area contributed by atoms with Crippen LogP contribution in [0.15, 0.2) is 59.6 Å². The molecule has 1 saturated heterocycles. The van der Waals surface area contributed by atoms with Crippen molar-refractivity contribution in [1.82, 2.24) is 13.8 Å². The number of amides is 2. The van der Waals surface area contributed by atoms with Crippen molar-refractivity contribution in [3.8, 4) is 0 Å². The van der Waals surface area contributed by atoms with Gasteiger partial charge in [0.1, 0.15) is 0 Å². The molecule has 9 heteroatoms. The van der Waals surface area contributed by atoms with E-state index in [1.54, 1.807) is 41.3 Å². The molecule has 0 atom stereocenters. The number of nitrogens with one attached hydrogen (secondary N) is 1. The van der Waals surface area contributed by atoms with Crippen molar-refractivity contribution in [2.75, 3.05) is 31.5 Å². The SMILES string of the molecule is Cn1ccc2cc(S(=O)(=O)N3CCN(C(=O)Nc4ccc(Cl)cc4)CC3)ccc21. The first kappa shape index (κ1) is 19.8. The maximum atomic E-state index is 13.0. The summed E-state index contributed by atoms with van der Waals surface area (Å²) in [5.74, 6) is 0. The maximum Gasteiger partial charge on any atom is 0.321 e. The van der Waals surface area contributed by atoms with Crippen LogP contribution in [0.2, 0.25) is 5.02 Å². The van der Waals surface area contributed by atoms with Crippen LogP contribution in [0.25, 0.3) is 10.9 Å². The molecule has 29 heavy (non-hydrogen) atoms. The second-order valence-corrected chi connectivity index (χ2v) is 9.35. The molecule has 4 rings (SSSR count). The van der Waals surface area contributed by atoms with Crippen molar-refractivity contribution in [3.05, 3.63) is 59.8 Å². The van der Waals surface area contributed by atoms with Gasteiger partial charge in [-0.05, 0) is 48.5 Å². The molecule has 2 aromatic carbocycles. The fraction of sp³-hybridized carbons (Fsp3) is 0.250. The van der Waals surface area contributed by atoms with Gasteiger partial charge < -0.3 is 14.8 Å². The Morgan fingerprint density at radius 2 is 1.69 bits per heavy atom. The predicted octanol–water partition coefficient (Wildman–Crippen LogP) is 3.37. The number of carbonyl (C=O) groups is 1. The number of benzene rings is 2. The summed E-state index contributed by atoms with van der Waals surface area (Å²) in [5.41, 5.74) is 1.62. The number of hydrogen-bond acceptors (Lipinski definition) is 3. The number of nitrogens with zero attached hydrogens (tertiary/aromatic N) is 3. The van der Waals surface area contributed by atoms with Gasteiger partial charge in [-0.2, -0.15) is 4.31 Å². The van der Waals surface area contributed by atoms with E-state index in [2.05, 4.69) is 5.32 Å². The van der Waals surface area contributed by atoms with Crippen molar-refractivity contribution in [2.45, 2.75) is 4.90 Å². The number of urea groups is 1. The molecule has 0 radical (unpaired) electrons. The topological polar surface area (TPSA) is 74.7 Å². The number of fused-ring (bicyclic) bond motifs is 1. The first-order valence-electron chi connectivity index (χ1n) is 9.21. The van der Waals surface area contributed by atoms with Crippen molar-refractivity contribution >= 4 is 44.2 Å². The van der Waals surface area contributed by atoms with Crippen LogP contribution in [-0.4, -0.2) is 54.4 Å². The molecule has 2 heterocycles. The van der Waals surface area contributed by atoms with Gasteiger partial charge in [0, 0.05) is 61.0 Å². The number of carbonyl (C=O) groups excluding carboxylic acids is 1. The summed E-state index contributed by atoms with van der Waals surface area (Å²) in [6.07, 6.45) is 1.90. The Hall–Kier alpha value is -2.55. The van der Waals surface area contributed by atoms with Gasteiger partial charge in [-0.1, -0.05) is 11.6 Å².